The van der Waals surface area contributed by atoms with E-state index in [0.717, 1.165) is 0 Å². The Kier molecular flexibility index (Phi) is 5.83. The predicted octanol–water partition coefficient (Wildman–Crippen LogP) is 3.11. The summed E-state index contributed by atoms with van der Waals surface area (Å²) in [5, 5.41) is 7.14. The minimum atomic E-state index is -2.51. The van der Waals surface area contributed by atoms with Crippen molar-refractivity contribution in [2.24, 2.45) is 5.92 Å². The van der Waals surface area contributed by atoms with Gasteiger partial charge in [-0.3, -0.25) is 4.79 Å². The fourth-order valence-electron chi connectivity index (χ4n) is 4.25. The molecule has 0 radical (unpaired) electrons. The van der Waals surface area contributed by atoms with E-state index in [2.05, 4.69) is 15.4 Å². The quantitative estimate of drug-likeness (QED) is 0.800. The number of rotatable bonds is 5. The molecule has 4 rings (SSSR count). The van der Waals surface area contributed by atoms with Crippen LogP contribution in [0.15, 0.2) is 30.6 Å². The number of hydrogen-bond acceptors (Lipinski definition) is 5. The fraction of sp³-hybridized carbons (Fsp3) is 0.550. The monoisotopic (exact) mass is 423 g/mol. The number of nitrogens with one attached hydrogen (secondary N) is 1. The molecule has 2 aliphatic heterocycles. The highest BCUT2D eigenvalue weighted by Gasteiger charge is 2.39. The van der Waals surface area contributed by atoms with Gasteiger partial charge in [0.1, 0.15) is 23.9 Å². The molecule has 1 aromatic heterocycles. The Morgan fingerprint density at radius 3 is 2.60 bits per heavy atom. The summed E-state index contributed by atoms with van der Waals surface area (Å²) in [4.78, 5) is 18.5. The summed E-state index contributed by atoms with van der Waals surface area (Å²) < 4.78 is 46.8. The van der Waals surface area contributed by atoms with Crippen LogP contribution >= 0.6 is 0 Å². The molecular weight excluding hydrogens is 399 g/mol. The van der Waals surface area contributed by atoms with Crippen LogP contribution in [0.1, 0.15) is 32.2 Å². The zero-order valence-electron chi connectivity index (χ0n) is 16.5. The first kappa shape index (κ1) is 20.5. The minimum Gasteiger partial charge on any atom is -0.481 e. The van der Waals surface area contributed by atoms with Crippen LogP contribution in [0.3, 0.4) is 0 Å². The van der Waals surface area contributed by atoms with Crippen LogP contribution in [-0.2, 0) is 4.79 Å². The molecule has 1 N–H and O–H groups in total. The van der Waals surface area contributed by atoms with Crippen LogP contribution in [0, 0.1) is 11.7 Å². The van der Waals surface area contributed by atoms with Gasteiger partial charge < -0.3 is 15.0 Å². The fourth-order valence-corrected chi connectivity index (χ4v) is 4.25. The third-order valence-electron chi connectivity index (χ3n) is 5.88. The average molecular weight is 423 g/mol. The molecule has 1 fully saturated rings. The summed E-state index contributed by atoms with van der Waals surface area (Å²) in [6, 6.07) is 4.41. The number of benzene rings is 1. The number of aromatic nitrogens is 3. The largest absolute Gasteiger partial charge is 0.481 e. The Morgan fingerprint density at radius 2 is 1.93 bits per heavy atom. The van der Waals surface area contributed by atoms with Crippen LogP contribution in [0.25, 0.3) is 0 Å². The summed E-state index contributed by atoms with van der Waals surface area (Å²) in [6.07, 6.45) is -0.239. The van der Waals surface area contributed by atoms with Crippen LogP contribution in [0.4, 0.5) is 19.1 Å². The normalized spacial score (nSPS) is 23.0. The molecule has 7 nitrogen and oxygen atoms in total. The number of alkyl halides is 2. The highest BCUT2D eigenvalue weighted by molar-refractivity contribution is 5.81. The lowest BCUT2D eigenvalue weighted by Gasteiger charge is -2.40. The van der Waals surface area contributed by atoms with Gasteiger partial charge >= 0.3 is 0 Å². The summed E-state index contributed by atoms with van der Waals surface area (Å²) in [7, 11) is 0. The van der Waals surface area contributed by atoms with Crippen molar-refractivity contribution in [1.82, 2.24) is 19.7 Å². The van der Waals surface area contributed by atoms with Gasteiger partial charge in [0.2, 0.25) is 5.95 Å². The van der Waals surface area contributed by atoms with Gasteiger partial charge in [0, 0.05) is 19.1 Å². The van der Waals surface area contributed by atoms with Crippen LogP contribution < -0.4 is 10.1 Å². The van der Waals surface area contributed by atoms with Crippen LogP contribution in [0.2, 0.25) is 0 Å². The number of amides is 1. The van der Waals surface area contributed by atoms with Crippen LogP contribution in [0.5, 0.6) is 5.75 Å². The molecule has 0 bridgehead atoms. The maximum Gasteiger partial charge on any atom is 0.263 e. The molecule has 3 heterocycles. The van der Waals surface area contributed by atoms with Gasteiger partial charge in [-0.25, -0.2) is 17.9 Å². The first-order valence-electron chi connectivity index (χ1n) is 10.1. The molecule has 1 saturated heterocycles. The molecule has 3 atom stereocenters. The van der Waals surface area contributed by atoms with E-state index in [1.54, 1.807) is 11.8 Å². The second kappa shape index (κ2) is 8.53. The number of halogens is 3. The average Bonchev–Trinajstić information content (AvgIpc) is 3.22. The third kappa shape index (κ3) is 4.22. The van der Waals surface area contributed by atoms with E-state index in [-0.39, 0.29) is 30.1 Å². The van der Waals surface area contributed by atoms with Gasteiger partial charge in [-0.1, -0.05) is 0 Å². The lowest BCUT2D eigenvalue weighted by atomic mass is 9.85. The zero-order chi connectivity index (χ0) is 21.3. The molecule has 0 saturated carbocycles. The Morgan fingerprint density at radius 1 is 1.23 bits per heavy atom. The third-order valence-corrected chi connectivity index (χ3v) is 5.88. The van der Waals surface area contributed by atoms with E-state index < -0.39 is 18.6 Å². The summed E-state index contributed by atoms with van der Waals surface area (Å²) in [6.45, 7) is 2.73. The molecule has 10 heteroatoms. The van der Waals surface area contributed by atoms with E-state index in [1.165, 1.54) is 35.3 Å². The molecule has 162 valence electrons. The topological polar surface area (TPSA) is 72.3 Å². The number of piperidine rings is 1. The van der Waals surface area contributed by atoms with Gasteiger partial charge in [-0.05, 0) is 56.4 Å². The van der Waals surface area contributed by atoms with Gasteiger partial charge in [0.15, 0.2) is 6.10 Å². The van der Waals surface area contributed by atoms with Crippen molar-refractivity contribution < 1.29 is 22.7 Å². The number of fused-ring (bicyclic) bond motifs is 1. The van der Waals surface area contributed by atoms with Crippen molar-refractivity contribution in [3.63, 3.8) is 0 Å². The van der Waals surface area contributed by atoms with Crippen molar-refractivity contribution >= 4 is 11.9 Å². The molecule has 2 aliphatic rings. The van der Waals surface area contributed by atoms with Gasteiger partial charge in [-0.15, -0.1) is 0 Å². The Bertz CT molecular complexity index is 868. The van der Waals surface area contributed by atoms with Crippen molar-refractivity contribution in [3.8, 4) is 5.75 Å². The number of ether oxygens (including phenoxy) is 1. The Labute approximate surface area is 172 Å². The molecule has 0 unspecified atom stereocenters. The highest BCUT2D eigenvalue weighted by atomic mass is 19.3. The van der Waals surface area contributed by atoms with Gasteiger partial charge in [0.05, 0.1) is 0 Å². The molecule has 0 aliphatic carbocycles. The number of nitrogens with zero attached hydrogens (tertiary/aromatic N) is 4. The van der Waals surface area contributed by atoms with E-state index >= 15 is 0 Å². The van der Waals surface area contributed by atoms with Crippen molar-refractivity contribution in [2.75, 3.05) is 18.4 Å². The van der Waals surface area contributed by atoms with Crippen LogP contribution in [-0.4, -0.2) is 57.2 Å². The number of hydrogen-bond donors (Lipinski definition) is 1. The van der Waals surface area contributed by atoms with E-state index in [4.69, 9.17) is 4.74 Å². The SMILES string of the molecule is C[C@@H](Oc1ccc(F)cc1)C(=O)N1CCC([C@@H]2C[C@H](C(F)F)n3ncnc3N2)CC1. The summed E-state index contributed by atoms with van der Waals surface area (Å²) in [5.41, 5.74) is 0. The van der Waals surface area contributed by atoms with Gasteiger partial charge in [0.25, 0.3) is 12.3 Å². The number of likely N-dealkylation sites (tertiary alicyclic amines) is 1. The standard InChI is InChI=1S/C20H24F3N5O2/c1-12(30-15-4-2-14(21)3-5-15)19(29)27-8-6-13(7-9-27)16-10-17(18(22)23)28-20(26-16)24-11-25-28/h2-5,11-13,16-18H,6-10H2,1H3,(H,24,25,26)/t12-,16+,17-/m1/s1. The molecule has 1 aromatic carbocycles. The Balaban J connectivity index is 1.32. The van der Waals surface area contributed by atoms with E-state index in [9.17, 15) is 18.0 Å². The minimum absolute atomic E-state index is 0.133. The number of carbonyl (C=O) groups excluding carboxylic acids is 1. The second-order valence-corrected chi connectivity index (χ2v) is 7.79. The highest BCUT2D eigenvalue weighted by Crippen LogP contribution is 2.35. The van der Waals surface area contributed by atoms with Gasteiger partial charge in [-0.2, -0.15) is 10.1 Å². The molecule has 30 heavy (non-hydrogen) atoms. The maximum absolute atomic E-state index is 13.5. The zero-order valence-corrected chi connectivity index (χ0v) is 16.5. The first-order chi connectivity index (χ1) is 14.4. The molecule has 1 amide bonds. The molecular formula is C20H24F3N5O2. The second-order valence-electron chi connectivity index (χ2n) is 7.79. The number of carbonyl (C=O) groups is 1. The summed E-state index contributed by atoms with van der Waals surface area (Å²) in [5.74, 6) is 0.456. The maximum atomic E-state index is 13.5. The van der Waals surface area contributed by atoms with Crippen molar-refractivity contribution in [3.05, 3.63) is 36.4 Å². The lowest BCUT2D eigenvalue weighted by Crippen LogP contribution is -2.48. The Hall–Kier alpha value is -2.78. The van der Waals surface area contributed by atoms with Crippen molar-refractivity contribution in [1.29, 1.82) is 0 Å². The lowest BCUT2D eigenvalue weighted by molar-refractivity contribution is -0.139. The summed E-state index contributed by atoms with van der Waals surface area (Å²) >= 11 is 0. The van der Waals surface area contributed by atoms with Crippen molar-refractivity contribution in [2.45, 2.75) is 50.8 Å². The first-order valence-corrected chi connectivity index (χ1v) is 10.1. The van der Waals surface area contributed by atoms with E-state index in [0.29, 0.717) is 37.6 Å². The predicted molar refractivity (Wildman–Crippen MR) is 103 cm³/mol. The van der Waals surface area contributed by atoms with E-state index in [1.807, 2.05) is 0 Å². The molecule has 2 aromatic rings. The number of anilines is 1. The smallest absolute Gasteiger partial charge is 0.263 e. The molecule has 0 spiro atoms.